The number of hydrogen-bond donors (Lipinski definition) is 1. The third kappa shape index (κ3) is 2.82. The highest BCUT2D eigenvalue weighted by Crippen LogP contribution is 2.51. The fourth-order valence-corrected chi connectivity index (χ4v) is 4.12. The van der Waals surface area contributed by atoms with E-state index in [2.05, 4.69) is 61.4 Å². The summed E-state index contributed by atoms with van der Waals surface area (Å²) in [5, 5.41) is 3.78. The van der Waals surface area contributed by atoms with Gasteiger partial charge in [0.05, 0.1) is 6.10 Å². The standard InChI is InChI=1S/C18H28N2O/c1-18(2)16(15-10-13-21-17(15)18)19-11-7-12-20(3)14-8-5-4-6-9-14/h4-6,8-9,15-17,19H,7,10-13H2,1-3H3. The monoisotopic (exact) mass is 288 g/mol. The largest absolute Gasteiger partial charge is 0.377 e. The summed E-state index contributed by atoms with van der Waals surface area (Å²) in [7, 11) is 2.17. The maximum absolute atomic E-state index is 5.85. The van der Waals surface area contributed by atoms with Crippen LogP contribution in [0.15, 0.2) is 30.3 Å². The van der Waals surface area contributed by atoms with E-state index in [1.54, 1.807) is 0 Å². The highest BCUT2D eigenvalue weighted by atomic mass is 16.5. The molecular weight excluding hydrogens is 260 g/mol. The first-order valence-corrected chi connectivity index (χ1v) is 8.22. The van der Waals surface area contributed by atoms with Crippen LogP contribution in [0, 0.1) is 11.3 Å². The molecule has 3 atom stereocenters. The SMILES string of the molecule is CN(CCCNC1C2CCOC2C1(C)C)c1ccccc1. The van der Waals surface area contributed by atoms with Crippen molar-refractivity contribution in [2.45, 2.75) is 38.8 Å². The lowest BCUT2D eigenvalue weighted by atomic mass is 9.57. The van der Waals surface area contributed by atoms with Crippen molar-refractivity contribution in [3.05, 3.63) is 30.3 Å². The van der Waals surface area contributed by atoms with E-state index in [9.17, 15) is 0 Å². The number of anilines is 1. The summed E-state index contributed by atoms with van der Waals surface area (Å²) in [4.78, 5) is 2.33. The van der Waals surface area contributed by atoms with Gasteiger partial charge < -0.3 is 15.0 Å². The normalized spacial score (nSPS) is 29.8. The van der Waals surface area contributed by atoms with Crippen molar-refractivity contribution in [1.82, 2.24) is 5.32 Å². The third-order valence-corrected chi connectivity index (χ3v) is 5.33. The molecule has 1 heterocycles. The second-order valence-electron chi connectivity index (χ2n) is 7.11. The number of para-hydroxylation sites is 1. The molecule has 0 amide bonds. The maximum atomic E-state index is 5.85. The van der Waals surface area contributed by atoms with Crippen LogP contribution in [0.5, 0.6) is 0 Å². The fraction of sp³-hybridized carbons (Fsp3) is 0.667. The van der Waals surface area contributed by atoms with Gasteiger partial charge in [0, 0.05) is 43.3 Å². The van der Waals surface area contributed by atoms with Gasteiger partial charge in [0.25, 0.3) is 0 Å². The van der Waals surface area contributed by atoms with Crippen LogP contribution < -0.4 is 10.2 Å². The first-order valence-electron chi connectivity index (χ1n) is 8.22. The fourth-order valence-electron chi connectivity index (χ4n) is 4.12. The van der Waals surface area contributed by atoms with Crippen molar-refractivity contribution < 1.29 is 4.74 Å². The molecule has 2 fully saturated rings. The number of rotatable bonds is 6. The first kappa shape index (κ1) is 14.9. The summed E-state index contributed by atoms with van der Waals surface area (Å²) in [5.74, 6) is 0.742. The van der Waals surface area contributed by atoms with Crippen LogP contribution in [0.25, 0.3) is 0 Å². The van der Waals surface area contributed by atoms with E-state index in [0.29, 0.717) is 17.6 Å². The van der Waals surface area contributed by atoms with Crippen molar-refractivity contribution >= 4 is 5.69 Å². The van der Waals surface area contributed by atoms with Gasteiger partial charge in [-0.1, -0.05) is 32.0 Å². The molecule has 1 saturated heterocycles. The molecule has 1 aliphatic carbocycles. The van der Waals surface area contributed by atoms with Crippen LogP contribution in [0.1, 0.15) is 26.7 Å². The minimum absolute atomic E-state index is 0.298. The van der Waals surface area contributed by atoms with E-state index < -0.39 is 0 Å². The lowest BCUT2D eigenvalue weighted by molar-refractivity contribution is -0.112. The molecule has 3 rings (SSSR count). The zero-order chi connectivity index (χ0) is 14.9. The van der Waals surface area contributed by atoms with Crippen LogP contribution in [0.3, 0.4) is 0 Å². The van der Waals surface area contributed by atoms with Crippen molar-refractivity contribution in [3.63, 3.8) is 0 Å². The molecule has 0 spiro atoms. The summed E-state index contributed by atoms with van der Waals surface area (Å²) < 4.78 is 5.85. The minimum Gasteiger partial charge on any atom is -0.377 e. The molecule has 3 unspecified atom stereocenters. The number of ether oxygens (including phenoxy) is 1. The molecule has 1 saturated carbocycles. The van der Waals surface area contributed by atoms with Gasteiger partial charge in [-0.05, 0) is 31.5 Å². The predicted molar refractivity (Wildman–Crippen MR) is 87.7 cm³/mol. The maximum Gasteiger partial charge on any atom is 0.0685 e. The zero-order valence-corrected chi connectivity index (χ0v) is 13.5. The minimum atomic E-state index is 0.298. The molecule has 3 nitrogen and oxygen atoms in total. The van der Waals surface area contributed by atoms with Gasteiger partial charge in [-0.15, -0.1) is 0 Å². The summed E-state index contributed by atoms with van der Waals surface area (Å²) in [5.41, 5.74) is 1.60. The molecule has 1 aromatic rings. The topological polar surface area (TPSA) is 24.5 Å². The van der Waals surface area contributed by atoms with E-state index in [-0.39, 0.29) is 0 Å². The van der Waals surface area contributed by atoms with Crippen LogP contribution >= 0.6 is 0 Å². The quantitative estimate of drug-likeness (QED) is 0.815. The van der Waals surface area contributed by atoms with E-state index in [1.807, 2.05) is 0 Å². The number of hydrogen-bond acceptors (Lipinski definition) is 3. The predicted octanol–water partition coefficient (Wildman–Crippen LogP) is 2.92. The molecule has 21 heavy (non-hydrogen) atoms. The van der Waals surface area contributed by atoms with Crippen LogP contribution in [-0.4, -0.2) is 38.9 Å². The summed E-state index contributed by atoms with van der Waals surface area (Å²) >= 11 is 0. The second kappa shape index (κ2) is 5.98. The van der Waals surface area contributed by atoms with Crippen molar-refractivity contribution in [2.75, 3.05) is 31.6 Å². The summed E-state index contributed by atoms with van der Waals surface area (Å²) in [6, 6.07) is 11.2. The lowest BCUT2D eigenvalue weighted by Crippen LogP contribution is -2.65. The van der Waals surface area contributed by atoms with Gasteiger partial charge in [0.15, 0.2) is 0 Å². The number of benzene rings is 1. The van der Waals surface area contributed by atoms with E-state index in [0.717, 1.165) is 25.6 Å². The average molecular weight is 288 g/mol. The van der Waals surface area contributed by atoms with Gasteiger partial charge in [-0.3, -0.25) is 0 Å². The Bertz CT molecular complexity index is 460. The molecule has 1 aliphatic heterocycles. The Kier molecular flexibility index (Phi) is 4.23. The van der Waals surface area contributed by atoms with Gasteiger partial charge in [-0.25, -0.2) is 0 Å². The van der Waals surface area contributed by atoms with E-state index >= 15 is 0 Å². The molecule has 0 bridgehead atoms. The molecule has 1 aromatic carbocycles. The molecule has 1 N–H and O–H groups in total. The number of fused-ring (bicyclic) bond motifs is 1. The second-order valence-corrected chi connectivity index (χ2v) is 7.11. The van der Waals surface area contributed by atoms with Gasteiger partial charge >= 0.3 is 0 Å². The molecule has 0 radical (unpaired) electrons. The Morgan fingerprint density at radius 2 is 2.05 bits per heavy atom. The highest BCUT2D eigenvalue weighted by molar-refractivity contribution is 5.44. The Balaban J connectivity index is 1.41. The highest BCUT2D eigenvalue weighted by Gasteiger charge is 2.58. The van der Waals surface area contributed by atoms with E-state index in [4.69, 9.17) is 4.74 Å². The average Bonchev–Trinajstić information content (AvgIpc) is 2.94. The first-order chi connectivity index (χ1) is 10.1. The molecule has 2 aliphatic rings. The van der Waals surface area contributed by atoms with Crippen LogP contribution in [0.2, 0.25) is 0 Å². The Labute approximate surface area is 128 Å². The Hall–Kier alpha value is -1.06. The Morgan fingerprint density at radius 3 is 2.81 bits per heavy atom. The van der Waals surface area contributed by atoms with E-state index in [1.165, 1.54) is 18.5 Å². The lowest BCUT2D eigenvalue weighted by Gasteiger charge is -2.55. The van der Waals surface area contributed by atoms with Crippen molar-refractivity contribution in [2.24, 2.45) is 11.3 Å². The molecule has 0 aromatic heterocycles. The van der Waals surface area contributed by atoms with Crippen molar-refractivity contribution in [3.8, 4) is 0 Å². The molecule has 116 valence electrons. The summed E-state index contributed by atoms with van der Waals surface area (Å²) in [6.07, 6.45) is 2.90. The summed E-state index contributed by atoms with van der Waals surface area (Å²) in [6.45, 7) is 7.82. The van der Waals surface area contributed by atoms with Crippen LogP contribution in [0.4, 0.5) is 5.69 Å². The third-order valence-electron chi connectivity index (χ3n) is 5.33. The number of nitrogens with zero attached hydrogens (tertiary/aromatic N) is 1. The van der Waals surface area contributed by atoms with Gasteiger partial charge in [-0.2, -0.15) is 0 Å². The zero-order valence-electron chi connectivity index (χ0n) is 13.5. The smallest absolute Gasteiger partial charge is 0.0685 e. The van der Waals surface area contributed by atoms with Crippen LogP contribution in [-0.2, 0) is 4.74 Å². The van der Waals surface area contributed by atoms with Crippen molar-refractivity contribution in [1.29, 1.82) is 0 Å². The van der Waals surface area contributed by atoms with Gasteiger partial charge in [0.1, 0.15) is 0 Å². The number of nitrogens with one attached hydrogen (secondary N) is 1. The molecule has 3 heteroatoms. The Morgan fingerprint density at radius 1 is 1.29 bits per heavy atom. The van der Waals surface area contributed by atoms with Gasteiger partial charge in [0.2, 0.25) is 0 Å². The molecular formula is C18H28N2O.